The number of hydrogen-bond acceptors (Lipinski definition) is 6. The first-order valence-electron chi connectivity index (χ1n) is 6.58. The largest absolute Gasteiger partial charge is 0.369 e. The van der Waals surface area contributed by atoms with Crippen LogP contribution in [0.15, 0.2) is 35.0 Å². The zero-order valence-corrected chi connectivity index (χ0v) is 11.5. The summed E-state index contributed by atoms with van der Waals surface area (Å²) in [7, 11) is 0. The van der Waals surface area contributed by atoms with Crippen LogP contribution in [0, 0.1) is 18.3 Å². The maximum atomic E-state index is 8.62. The van der Waals surface area contributed by atoms with Crippen molar-refractivity contribution < 1.29 is 4.52 Å². The normalized spacial score (nSPS) is 10.5. The van der Waals surface area contributed by atoms with Gasteiger partial charge in [0.2, 0.25) is 11.7 Å². The third-order valence-electron chi connectivity index (χ3n) is 3.08. The van der Waals surface area contributed by atoms with Gasteiger partial charge in [0.25, 0.3) is 0 Å². The van der Waals surface area contributed by atoms with Crippen molar-refractivity contribution in [2.75, 3.05) is 11.9 Å². The van der Waals surface area contributed by atoms with Crippen LogP contribution >= 0.6 is 0 Å². The predicted octanol–water partition coefficient (Wildman–Crippen LogP) is 2.92. The molecule has 0 aliphatic carbocycles. The molecule has 6 heteroatoms. The van der Waals surface area contributed by atoms with Crippen LogP contribution < -0.4 is 5.32 Å². The Bertz CT molecular complexity index is 818. The van der Waals surface area contributed by atoms with Gasteiger partial charge >= 0.3 is 0 Å². The molecule has 2 heterocycles. The van der Waals surface area contributed by atoms with Gasteiger partial charge in [0.05, 0.1) is 12.5 Å². The highest BCUT2D eigenvalue weighted by Crippen LogP contribution is 2.26. The molecule has 2 aromatic heterocycles. The molecule has 0 fully saturated rings. The van der Waals surface area contributed by atoms with E-state index < -0.39 is 0 Å². The minimum absolute atomic E-state index is 0.432. The molecule has 0 atom stereocenters. The minimum atomic E-state index is 0.432. The fraction of sp³-hybridized carbons (Fsp3) is 0.200. The Morgan fingerprint density at radius 2 is 2.24 bits per heavy atom. The van der Waals surface area contributed by atoms with Gasteiger partial charge in [-0.1, -0.05) is 17.3 Å². The molecule has 21 heavy (non-hydrogen) atoms. The number of pyridine rings is 1. The maximum Gasteiger partial charge on any atom is 0.223 e. The Balaban J connectivity index is 2.02. The van der Waals surface area contributed by atoms with Gasteiger partial charge in [0, 0.05) is 30.6 Å². The van der Waals surface area contributed by atoms with Gasteiger partial charge in [0.1, 0.15) is 5.82 Å². The second kappa shape index (κ2) is 5.59. The van der Waals surface area contributed by atoms with Crippen molar-refractivity contribution in [2.24, 2.45) is 0 Å². The number of nitrogens with one attached hydrogen (secondary N) is 1. The minimum Gasteiger partial charge on any atom is -0.369 e. The van der Waals surface area contributed by atoms with E-state index in [0.717, 1.165) is 22.2 Å². The summed E-state index contributed by atoms with van der Waals surface area (Å²) in [6.45, 7) is 2.32. The first-order chi connectivity index (χ1) is 10.3. The summed E-state index contributed by atoms with van der Waals surface area (Å²) in [4.78, 5) is 8.57. The summed E-state index contributed by atoms with van der Waals surface area (Å²) in [5.74, 6) is 1.84. The molecule has 0 saturated heterocycles. The van der Waals surface area contributed by atoms with Crippen LogP contribution in [-0.2, 0) is 0 Å². The van der Waals surface area contributed by atoms with Gasteiger partial charge in [-0.05, 0) is 17.5 Å². The lowest BCUT2D eigenvalue weighted by atomic mass is 10.1. The summed E-state index contributed by atoms with van der Waals surface area (Å²) in [6, 6.07) is 9.96. The van der Waals surface area contributed by atoms with Crippen molar-refractivity contribution in [1.82, 2.24) is 15.1 Å². The van der Waals surface area contributed by atoms with E-state index in [4.69, 9.17) is 9.78 Å². The van der Waals surface area contributed by atoms with E-state index in [0.29, 0.717) is 24.7 Å². The monoisotopic (exact) mass is 279 g/mol. The Hall–Kier alpha value is -2.94. The number of anilines is 1. The summed E-state index contributed by atoms with van der Waals surface area (Å²) < 4.78 is 5.01. The molecule has 6 nitrogen and oxygen atoms in total. The number of benzene rings is 1. The number of hydrogen-bond donors (Lipinski definition) is 1. The molecule has 0 spiro atoms. The van der Waals surface area contributed by atoms with Gasteiger partial charge in [0.15, 0.2) is 0 Å². The molecule has 0 aliphatic rings. The molecule has 104 valence electrons. The Kier molecular flexibility index (Phi) is 3.48. The van der Waals surface area contributed by atoms with Gasteiger partial charge in [-0.15, -0.1) is 0 Å². The zero-order chi connectivity index (χ0) is 14.7. The Labute approximate surface area is 121 Å². The third kappa shape index (κ3) is 2.67. The Morgan fingerprint density at radius 1 is 1.33 bits per heavy atom. The number of aromatic nitrogens is 3. The highest BCUT2D eigenvalue weighted by Gasteiger charge is 2.08. The maximum absolute atomic E-state index is 8.62. The first kappa shape index (κ1) is 13.1. The van der Waals surface area contributed by atoms with Crippen molar-refractivity contribution in [2.45, 2.75) is 13.3 Å². The molecular weight excluding hydrogens is 266 g/mol. The number of rotatable bonds is 4. The average Bonchev–Trinajstić information content (AvgIpc) is 2.94. The van der Waals surface area contributed by atoms with Gasteiger partial charge in [-0.3, -0.25) is 0 Å². The van der Waals surface area contributed by atoms with E-state index in [2.05, 4.69) is 26.5 Å². The number of fused-ring (bicyclic) bond motifs is 1. The molecule has 1 aromatic carbocycles. The van der Waals surface area contributed by atoms with Crippen LogP contribution in [0.3, 0.4) is 0 Å². The molecule has 0 saturated carbocycles. The standard InChI is InChI=1S/C15H13N5O/c1-10-19-14(20-21-10)12-4-3-11-5-8-18-15(13(11)9-12)17-7-2-6-16/h3-5,8-9H,2,7H2,1H3,(H,17,18). The summed E-state index contributed by atoms with van der Waals surface area (Å²) in [5.41, 5.74) is 0.871. The highest BCUT2D eigenvalue weighted by atomic mass is 16.5. The van der Waals surface area contributed by atoms with Crippen molar-refractivity contribution in [3.8, 4) is 17.5 Å². The average molecular weight is 279 g/mol. The van der Waals surface area contributed by atoms with E-state index in [1.54, 1.807) is 13.1 Å². The van der Waals surface area contributed by atoms with Crippen LogP contribution in [0.5, 0.6) is 0 Å². The molecular formula is C15H13N5O. The lowest BCUT2D eigenvalue weighted by Crippen LogP contribution is -2.02. The zero-order valence-electron chi connectivity index (χ0n) is 11.5. The molecule has 0 bridgehead atoms. The fourth-order valence-corrected chi connectivity index (χ4v) is 2.10. The van der Waals surface area contributed by atoms with Gasteiger partial charge in [-0.2, -0.15) is 10.2 Å². The van der Waals surface area contributed by atoms with Gasteiger partial charge < -0.3 is 9.84 Å². The van der Waals surface area contributed by atoms with E-state index in [9.17, 15) is 0 Å². The van der Waals surface area contributed by atoms with Crippen LogP contribution in [0.1, 0.15) is 12.3 Å². The lowest BCUT2D eigenvalue weighted by Gasteiger charge is -2.08. The molecule has 1 N–H and O–H groups in total. The first-order valence-corrected chi connectivity index (χ1v) is 6.58. The molecule has 3 aromatic rings. The highest BCUT2D eigenvalue weighted by molar-refractivity contribution is 5.94. The van der Waals surface area contributed by atoms with Crippen molar-refractivity contribution >= 4 is 16.6 Å². The van der Waals surface area contributed by atoms with Crippen LogP contribution in [0.25, 0.3) is 22.2 Å². The molecule has 0 aliphatic heterocycles. The van der Waals surface area contributed by atoms with Crippen LogP contribution in [-0.4, -0.2) is 21.7 Å². The van der Waals surface area contributed by atoms with Gasteiger partial charge in [-0.25, -0.2) is 4.98 Å². The van der Waals surface area contributed by atoms with Crippen LogP contribution in [0.2, 0.25) is 0 Å². The molecule has 3 rings (SSSR count). The van der Waals surface area contributed by atoms with E-state index >= 15 is 0 Å². The second-order valence-corrected chi connectivity index (χ2v) is 4.57. The summed E-state index contributed by atoms with van der Waals surface area (Å²) in [6.07, 6.45) is 2.18. The topological polar surface area (TPSA) is 87.6 Å². The SMILES string of the molecule is Cc1nc(-c2ccc3ccnc(NCCC#N)c3c2)no1. The summed E-state index contributed by atoms with van der Waals surface area (Å²) in [5, 5.41) is 17.7. The molecule has 0 amide bonds. The molecule has 0 radical (unpaired) electrons. The number of nitrogens with zero attached hydrogens (tertiary/aromatic N) is 4. The third-order valence-corrected chi connectivity index (χ3v) is 3.08. The van der Waals surface area contributed by atoms with E-state index in [-0.39, 0.29) is 0 Å². The lowest BCUT2D eigenvalue weighted by molar-refractivity contribution is 0.394. The van der Waals surface area contributed by atoms with E-state index in [1.165, 1.54) is 0 Å². The van der Waals surface area contributed by atoms with E-state index in [1.807, 2.05) is 24.3 Å². The second-order valence-electron chi connectivity index (χ2n) is 4.57. The molecule has 0 unspecified atom stereocenters. The number of nitriles is 1. The van der Waals surface area contributed by atoms with Crippen molar-refractivity contribution in [3.63, 3.8) is 0 Å². The van der Waals surface area contributed by atoms with Crippen molar-refractivity contribution in [3.05, 3.63) is 36.4 Å². The van der Waals surface area contributed by atoms with Crippen molar-refractivity contribution in [1.29, 1.82) is 5.26 Å². The smallest absolute Gasteiger partial charge is 0.223 e. The number of aryl methyl sites for hydroxylation is 1. The quantitative estimate of drug-likeness (QED) is 0.739. The Morgan fingerprint density at radius 3 is 3.00 bits per heavy atom. The summed E-state index contributed by atoms with van der Waals surface area (Å²) >= 11 is 0. The predicted molar refractivity (Wildman–Crippen MR) is 78.5 cm³/mol. The fourth-order valence-electron chi connectivity index (χ4n) is 2.10. The van der Waals surface area contributed by atoms with Crippen LogP contribution in [0.4, 0.5) is 5.82 Å².